The summed E-state index contributed by atoms with van der Waals surface area (Å²) >= 11 is 3.36. The Morgan fingerprint density at radius 3 is 2.73 bits per heavy atom. The molecule has 0 saturated heterocycles. The molecule has 0 amide bonds. The Kier molecular flexibility index (Phi) is 3.44. The maximum absolute atomic E-state index is 12.7. The normalized spacial score (nSPS) is 11.8. The van der Waals surface area contributed by atoms with Gasteiger partial charge in [-0.25, -0.2) is 4.98 Å². The van der Waals surface area contributed by atoms with E-state index in [9.17, 15) is 13.2 Å². The molecule has 2 heterocycles. The van der Waals surface area contributed by atoms with Gasteiger partial charge in [-0.2, -0.15) is 18.3 Å². The number of aromatic nitrogens is 3. The average Bonchev–Trinajstić information content (AvgIpc) is 2.89. The molecule has 0 atom stereocenters. The number of anilines is 3. The summed E-state index contributed by atoms with van der Waals surface area (Å²) in [5.74, 6) is -0.0513. The topological polar surface area (TPSA) is 79.6 Å². The number of nitrogens with one attached hydrogen (secondary N) is 2. The molecule has 22 heavy (non-hydrogen) atoms. The van der Waals surface area contributed by atoms with E-state index in [4.69, 9.17) is 5.73 Å². The molecular weight excluding hydrogens is 363 g/mol. The van der Waals surface area contributed by atoms with Crippen molar-refractivity contribution < 1.29 is 13.2 Å². The van der Waals surface area contributed by atoms with E-state index >= 15 is 0 Å². The number of nitrogens with zero attached hydrogens (tertiary/aromatic N) is 2. The fourth-order valence-electron chi connectivity index (χ4n) is 1.95. The van der Waals surface area contributed by atoms with Gasteiger partial charge in [-0.1, -0.05) is 0 Å². The summed E-state index contributed by atoms with van der Waals surface area (Å²) in [6.45, 7) is 0. The van der Waals surface area contributed by atoms with E-state index < -0.39 is 11.9 Å². The van der Waals surface area contributed by atoms with Crippen molar-refractivity contribution in [3.05, 3.63) is 40.6 Å². The minimum absolute atomic E-state index is 0.0513. The molecule has 0 aliphatic rings. The predicted molar refractivity (Wildman–Crippen MR) is 80.7 cm³/mol. The molecule has 9 heteroatoms. The summed E-state index contributed by atoms with van der Waals surface area (Å²) in [4.78, 5) is 3.54. The third-order valence-corrected chi connectivity index (χ3v) is 3.61. The van der Waals surface area contributed by atoms with Gasteiger partial charge in [0.1, 0.15) is 5.69 Å². The molecule has 0 aliphatic carbocycles. The summed E-state index contributed by atoms with van der Waals surface area (Å²) in [6.07, 6.45) is -2.92. The van der Waals surface area contributed by atoms with Crippen LogP contribution in [0.15, 0.2) is 34.9 Å². The van der Waals surface area contributed by atoms with Crippen molar-refractivity contribution in [1.82, 2.24) is 15.2 Å². The molecule has 3 rings (SSSR count). The van der Waals surface area contributed by atoms with E-state index in [1.54, 1.807) is 18.3 Å². The monoisotopic (exact) mass is 371 g/mol. The number of nitrogen functional groups attached to an aromatic ring is 1. The molecule has 0 bridgehead atoms. The maximum Gasteiger partial charge on any atom is 0.433 e. The van der Waals surface area contributed by atoms with Crippen LogP contribution in [0.5, 0.6) is 0 Å². The van der Waals surface area contributed by atoms with Gasteiger partial charge in [-0.05, 0) is 40.2 Å². The molecule has 0 fully saturated rings. The Balaban J connectivity index is 2.00. The molecule has 1 aromatic carbocycles. The molecule has 0 radical (unpaired) electrons. The lowest BCUT2D eigenvalue weighted by atomic mass is 10.2. The number of H-pyrrole nitrogens is 1. The van der Waals surface area contributed by atoms with Crippen LogP contribution in [0.2, 0.25) is 0 Å². The number of fused-ring (bicyclic) bond motifs is 1. The Morgan fingerprint density at radius 1 is 1.23 bits per heavy atom. The van der Waals surface area contributed by atoms with Crippen LogP contribution in [-0.2, 0) is 6.18 Å². The number of pyridine rings is 1. The molecular formula is C13H9BrF3N5. The van der Waals surface area contributed by atoms with Crippen molar-refractivity contribution >= 4 is 44.0 Å². The van der Waals surface area contributed by atoms with Crippen molar-refractivity contribution in [3.8, 4) is 0 Å². The Morgan fingerprint density at radius 2 is 2.00 bits per heavy atom. The number of alkyl halides is 3. The number of hydrogen-bond acceptors (Lipinski definition) is 4. The van der Waals surface area contributed by atoms with Crippen LogP contribution in [0, 0.1) is 0 Å². The van der Waals surface area contributed by atoms with Gasteiger partial charge in [-0.3, -0.25) is 5.10 Å². The summed E-state index contributed by atoms with van der Waals surface area (Å²) in [5.41, 5.74) is 6.13. The van der Waals surface area contributed by atoms with E-state index in [0.717, 1.165) is 21.4 Å². The lowest BCUT2D eigenvalue weighted by molar-refractivity contribution is -0.141. The van der Waals surface area contributed by atoms with Gasteiger partial charge in [0.15, 0.2) is 5.82 Å². The third-order valence-electron chi connectivity index (χ3n) is 2.98. The largest absolute Gasteiger partial charge is 0.433 e. The van der Waals surface area contributed by atoms with Crippen molar-refractivity contribution in [2.24, 2.45) is 0 Å². The number of rotatable bonds is 2. The van der Waals surface area contributed by atoms with E-state index in [-0.39, 0.29) is 11.5 Å². The summed E-state index contributed by atoms with van der Waals surface area (Å²) in [5, 5.41) is 10.3. The summed E-state index contributed by atoms with van der Waals surface area (Å²) in [7, 11) is 0. The molecule has 4 N–H and O–H groups in total. The van der Waals surface area contributed by atoms with Gasteiger partial charge in [0.25, 0.3) is 0 Å². The number of nitrogens with two attached hydrogens (primary N) is 1. The highest BCUT2D eigenvalue weighted by Crippen LogP contribution is 2.32. The van der Waals surface area contributed by atoms with E-state index in [0.29, 0.717) is 5.69 Å². The second-order valence-electron chi connectivity index (χ2n) is 4.55. The number of halogens is 4. The van der Waals surface area contributed by atoms with Gasteiger partial charge >= 0.3 is 6.18 Å². The quantitative estimate of drug-likeness (QED) is 0.634. The van der Waals surface area contributed by atoms with Crippen LogP contribution >= 0.6 is 15.9 Å². The fourth-order valence-corrected chi connectivity index (χ4v) is 2.52. The van der Waals surface area contributed by atoms with E-state index in [2.05, 4.69) is 36.4 Å². The summed E-state index contributed by atoms with van der Waals surface area (Å²) < 4.78 is 38.9. The zero-order valence-electron chi connectivity index (χ0n) is 10.9. The minimum Gasteiger partial charge on any atom is -0.396 e. The van der Waals surface area contributed by atoms with Crippen LogP contribution in [0.3, 0.4) is 0 Å². The fraction of sp³-hybridized carbons (Fsp3) is 0.0769. The first kappa shape index (κ1) is 14.6. The van der Waals surface area contributed by atoms with Crippen LogP contribution in [0.25, 0.3) is 10.9 Å². The first-order chi connectivity index (χ1) is 10.3. The molecule has 114 valence electrons. The highest BCUT2D eigenvalue weighted by molar-refractivity contribution is 9.10. The van der Waals surface area contributed by atoms with Crippen molar-refractivity contribution in [2.75, 3.05) is 11.1 Å². The van der Waals surface area contributed by atoms with Crippen LogP contribution < -0.4 is 11.1 Å². The maximum atomic E-state index is 12.7. The number of benzene rings is 1. The van der Waals surface area contributed by atoms with Crippen molar-refractivity contribution in [2.45, 2.75) is 6.18 Å². The number of hydrogen-bond donors (Lipinski definition) is 3. The molecule has 0 unspecified atom stereocenters. The highest BCUT2D eigenvalue weighted by atomic mass is 79.9. The third kappa shape index (κ3) is 2.71. The smallest absolute Gasteiger partial charge is 0.396 e. The minimum atomic E-state index is -4.53. The standard InChI is InChI=1S/C13H9BrF3N5/c14-8-4-7(3-6-5-19-22-11(6)8)20-12-9(18)1-2-10(21-12)13(15,16)17/h1-5H,18H2,(H,19,22)(H,20,21). The van der Waals surface area contributed by atoms with Gasteiger partial charge in [0, 0.05) is 15.5 Å². The zero-order valence-corrected chi connectivity index (χ0v) is 12.5. The van der Waals surface area contributed by atoms with Gasteiger partial charge in [0.2, 0.25) is 0 Å². The Hall–Kier alpha value is -2.29. The lowest BCUT2D eigenvalue weighted by Gasteiger charge is -2.12. The van der Waals surface area contributed by atoms with Crippen molar-refractivity contribution in [1.29, 1.82) is 0 Å². The predicted octanol–water partition coefficient (Wildman–Crippen LogP) is 4.07. The first-order valence-electron chi connectivity index (χ1n) is 6.08. The van der Waals surface area contributed by atoms with Gasteiger partial charge in [-0.15, -0.1) is 0 Å². The van der Waals surface area contributed by atoms with Crippen molar-refractivity contribution in [3.63, 3.8) is 0 Å². The molecule has 0 spiro atoms. The Bertz CT molecular complexity index is 843. The molecule has 0 saturated carbocycles. The van der Waals surface area contributed by atoms with E-state index in [1.807, 2.05) is 0 Å². The molecule has 3 aromatic rings. The first-order valence-corrected chi connectivity index (χ1v) is 6.87. The van der Waals surface area contributed by atoms with Crippen LogP contribution in [0.1, 0.15) is 5.69 Å². The molecule has 5 nitrogen and oxygen atoms in total. The second-order valence-corrected chi connectivity index (χ2v) is 5.40. The molecule has 0 aliphatic heterocycles. The van der Waals surface area contributed by atoms with Crippen LogP contribution in [0.4, 0.5) is 30.4 Å². The lowest BCUT2D eigenvalue weighted by Crippen LogP contribution is -2.10. The van der Waals surface area contributed by atoms with Gasteiger partial charge in [0.05, 0.1) is 17.4 Å². The van der Waals surface area contributed by atoms with Gasteiger partial charge < -0.3 is 11.1 Å². The van der Waals surface area contributed by atoms with E-state index in [1.165, 1.54) is 6.07 Å². The number of aromatic amines is 1. The Labute approximate surface area is 130 Å². The molecule has 2 aromatic heterocycles. The highest BCUT2D eigenvalue weighted by Gasteiger charge is 2.33. The zero-order chi connectivity index (χ0) is 15.9. The second kappa shape index (κ2) is 5.16. The average molecular weight is 372 g/mol. The van der Waals surface area contributed by atoms with Crippen LogP contribution in [-0.4, -0.2) is 15.2 Å². The SMILES string of the molecule is Nc1ccc(C(F)(F)F)nc1Nc1cc(Br)c2[nH]ncc2c1. The summed E-state index contributed by atoms with van der Waals surface area (Å²) in [6, 6.07) is 5.44.